The summed E-state index contributed by atoms with van der Waals surface area (Å²) in [5, 5.41) is 8.64. The van der Waals surface area contributed by atoms with Crippen LogP contribution in [0.15, 0.2) is 16.5 Å². The molecular formula is C25H35ClF3N7OS. The van der Waals surface area contributed by atoms with Crippen LogP contribution in [0.2, 0.25) is 0 Å². The Hall–Kier alpha value is -2.31. The molecule has 0 aromatic carbocycles. The largest absolute Gasteiger partial charge is 0.466 e. The lowest BCUT2D eigenvalue weighted by atomic mass is 9.95. The van der Waals surface area contributed by atoms with E-state index in [9.17, 15) is 13.2 Å². The van der Waals surface area contributed by atoms with Crippen molar-refractivity contribution in [3.8, 4) is 11.3 Å². The lowest BCUT2D eigenvalue weighted by molar-refractivity contribution is -0.141. The van der Waals surface area contributed by atoms with Gasteiger partial charge in [-0.25, -0.2) is 9.97 Å². The van der Waals surface area contributed by atoms with Crippen LogP contribution in [0.5, 0.6) is 0 Å². The smallest absolute Gasteiger partial charge is 0.433 e. The molecule has 0 saturated carbocycles. The van der Waals surface area contributed by atoms with Crippen molar-refractivity contribution in [3.63, 3.8) is 0 Å². The van der Waals surface area contributed by atoms with Crippen LogP contribution in [0.3, 0.4) is 0 Å². The summed E-state index contributed by atoms with van der Waals surface area (Å²) in [5.41, 5.74) is 1.34. The molecule has 0 unspecified atom stereocenters. The highest BCUT2D eigenvalue weighted by Crippen LogP contribution is 2.32. The van der Waals surface area contributed by atoms with Gasteiger partial charge in [-0.15, -0.1) is 17.5 Å². The number of alkyl halides is 3. The lowest BCUT2D eigenvalue weighted by Gasteiger charge is -2.36. The summed E-state index contributed by atoms with van der Waals surface area (Å²) in [6.45, 7) is 15.0. The van der Waals surface area contributed by atoms with E-state index in [-0.39, 0.29) is 18.2 Å². The molecule has 0 amide bonds. The molecule has 4 heterocycles. The Bertz CT molecular complexity index is 1200. The van der Waals surface area contributed by atoms with E-state index >= 15 is 0 Å². The van der Waals surface area contributed by atoms with Gasteiger partial charge in [0.15, 0.2) is 0 Å². The molecule has 0 spiro atoms. The molecule has 0 N–H and O–H groups in total. The summed E-state index contributed by atoms with van der Waals surface area (Å²) in [4.78, 5) is 12.6. The van der Waals surface area contributed by atoms with E-state index in [2.05, 4.69) is 25.2 Å². The van der Waals surface area contributed by atoms with Crippen molar-refractivity contribution in [2.45, 2.75) is 59.6 Å². The Morgan fingerprint density at radius 3 is 2.26 bits per heavy atom. The molecule has 1 fully saturated rings. The lowest BCUT2D eigenvalue weighted by Crippen LogP contribution is -2.47. The zero-order valence-electron chi connectivity index (χ0n) is 22.6. The van der Waals surface area contributed by atoms with Crippen molar-refractivity contribution in [1.29, 1.82) is 0 Å². The number of piperazine rings is 1. The van der Waals surface area contributed by atoms with E-state index in [0.29, 0.717) is 18.9 Å². The summed E-state index contributed by atoms with van der Waals surface area (Å²) in [6, 6.07) is 3.05. The van der Waals surface area contributed by atoms with Gasteiger partial charge in [0.25, 0.3) is 0 Å². The Morgan fingerprint density at radius 2 is 1.68 bits per heavy atom. The fourth-order valence-corrected chi connectivity index (χ4v) is 5.07. The highest BCUT2D eigenvalue weighted by molar-refractivity contribution is 7.97. The summed E-state index contributed by atoms with van der Waals surface area (Å²) in [6.07, 6.45) is -3.54. The fourth-order valence-electron chi connectivity index (χ4n) is 4.27. The molecule has 0 radical (unpaired) electrons. The molecule has 1 saturated heterocycles. The minimum atomic E-state index is -4.50. The molecule has 3 aromatic heterocycles. The first-order chi connectivity index (χ1) is 17.3. The fraction of sp³-hybridized carbons (Fsp3) is 0.600. The third kappa shape index (κ3) is 7.01. The van der Waals surface area contributed by atoms with E-state index in [1.807, 2.05) is 56.6 Å². The molecule has 0 atom stereocenters. The number of hydrogen-bond acceptors (Lipinski definition) is 8. The highest BCUT2D eigenvalue weighted by atomic mass is 35.5. The number of nitrogens with zero attached hydrogens (tertiary/aromatic N) is 7. The summed E-state index contributed by atoms with van der Waals surface area (Å²) < 4.78 is 47.9. The molecule has 0 aliphatic carbocycles. The number of rotatable bonds is 7. The average Bonchev–Trinajstić information content (AvgIpc) is 3.35. The Balaban J connectivity index is 0.00000400. The molecule has 0 bridgehead atoms. The minimum Gasteiger partial charge on any atom is -0.466 e. The van der Waals surface area contributed by atoms with Crippen LogP contribution in [0.1, 0.15) is 55.9 Å². The van der Waals surface area contributed by atoms with Crippen molar-refractivity contribution in [3.05, 3.63) is 40.9 Å². The van der Waals surface area contributed by atoms with Gasteiger partial charge in [-0.2, -0.15) is 17.3 Å². The second kappa shape index (κ2) is 11.8. The average molecular weight is 574 g/mol. The molecule has 13 heteroatoms. The predicted molar refractivity (Wildman–Crippen MR) is 146 cm³/mol. The molecule has 38 heavy (non-hydrogen) atoms. The highest BCUT2D eigenvalue weighted by Gasteiger charge is 2.36. The van der Waals surface area contributed by atoms with Crippen molar-refractivity contribution in [2.24, 2.45) is 0 Å². The summed E-state index contributed by atoms with van der Waals surface area (Å²) in [5.74, 6) is 3.13. The van der Waals surface area contributed by atoms with Crippen LogP contribution in [0, 0.1) is 20.8 Å². The van der Waals surface area contributed by atoms with Crippen molar-refractivity contribution in [2.75, 3.05) is 43.4 Å². The van der Waals surface area contributed by atoms with Gasteiger partial charge in [0.05, 0.1) is 5.69 Å². The van der Waals surface area contributed by atoms with E-state index in [1.54, 1.807) is 11.9 Å². The van der Waals surface area contributed by atoms with Gasteiger partial charge in [0, 0.05) is 49.0 Å². The van der Waals surface area contributed by atoms with E-state index < -0.39 is 17.3 Å². The quantitative estimate of drug-likeness (QED) is 0.333. The normalized spacial score (nSPS) is 15.1. The third-order valence-electron chi connectivity index (χ3n) is 6.35. The first kappa shape index (κ1) is 30.2. The van der Waals surface area contributed by atoms with Crippen LogP contribution in [-0.2, 0) is 11.6 Å². The first-order valence-corrected chi connectivity index (χ1v) is 13.3. The zero-order chi connectivity index (χ0) is 27.0. The van der Waals surface area contributed by atoms with Gasteiger partial charge in [-0.3, -0.25) is 4.90 Å². The van der Waals surface area contributed by atoms with Crippen LogP contribution >= 0.6 is 24.4 Å². The zero-order valence-corrected chi connectivity index (χ0v) is 24.2. The second-order valence-corrected chi connectivity index (χ2v) is 11.4. The Labute approximate surface area is 231 Å². The van der Waals surface area contributed by atoms with E-state index in [0.717, 1.165) is 66.3 Å². The molecule has 3 aromatic rings. The minimum absolute atomic E-state index is 0. The molecule has 210 valence electrons. The first-order valence-electron chi connectivity index (χ1n) is 12.4. The van der Waals surface area contributed by atoms with Crippen LogP contribution < -0.4 is 4.90 Å². The van der Waals surface area contributed by atoms with Crippen LogP contribution in [0.25, 0.3) is 11.3 Å². The van der Waals surface area contributed by atoms with Gasteiger partial charge in [-0.1, -0.05) is 26.0 Å². The standard InChI is InChI=1S/C25H34F3N7OS.ClH/c1-16-14-19(18(3)36-16)22-17(2)35(32-31-22)37-13-7-8-33-9-11-34(12-10-33)21-15-20(25(26,27)28)29-23(30-21)24(4,5)6;/h14-15H,7-13H2,1-6H3;1H. The number of aromatic nitrogens is 5. The summed E-state index contributed by atoms with van der Waals surface area (Å²) >= 11 is 1.62. The van der Waals surface area contributed by atoms with Crippen molar-refractivity contribution in [1.82, 2.24) is 29.3 Å². The van der Waals surface area contributed by atoms with Crippen molar-refractivity contribution < 1.29 is 17.6 Å². The maximum atomic E-state index is 13.5. The SMILES string of the molecule is Cc1cc(-c2nnn(SCCCN3CCN(c4cc(C(F)(F)F)nc(C(C)(C)C)n4)CC3)c2C)c(C)o1.Cl. The van der Waals surface area contributed by atoms with Crippen LogP contribution in [0.4, 0.5) is 19.0 Å². The maximum absolute atomic E-state index is 13.5. The molecule has 1 aliphatic rings. The topological polar surface area (TPSA) is 76.1 Å². The second-order valence-electron chi connectivity index (χ2n) is 10.4. The van der Waals surface area contributed by atoms with E-state index in [1.165, 1.54) is 0 Å². The number of aryl methyl sites for hydroxylation is 2. The molecule has 1 aliphatic heterocycles. The third-order valence-corrected chi connectivity index (χ3v) is 7.42. The molecule has 4 rings (SSSR count). The monoisotopic (exact) mass is 573 g/mol. The number of halogens is 4. The van der Waals surface area contributed by atoms with Gasteiger partial charge in [0.1, 0.15) is 34.6 Å². The Kier molecular flexibility index (Phi) is 9.41. The van der Waals surface area contributed by atoms with Gasteiger partial charge >= 0.3 is 6.18 Å². The van der Waals surface area contributed by atoms with Crippen LogP contribution in [-0.4, -0.2) is 67.7 Å². The number of furan rings is 1. The predicted octanol–water partition coefficient (Wildman–Crippen LogP) is 5.70. The number of anilines is 1. The molecule has 8 nitrogen and oxygen atoms in total. The maximum Gasteiger partial charge on any atom is 0.433 e. The van der Waals surface area contributed by atoms with Gasteiger partial charge < -0.3 is 9.32 Å². The van der Waals surface area contributed by atoms with Gasteiger partial charge in [-0.05, 0) is 51.8 Å². The van der Waals surface area contributed by atoms with Gasteiger partial charge in [0.2, 0.25) is 0 Å². The molecular weight excluding hydrogens is 539 g/mol. The summed E-state index contributed by atoms with van der Waals surface area (Å²) in [7, 11) is 0. The van der Waals surface area contributed by atoms with E-state index in [4.69, 9.17) is 4.42 Å². The number of hydrogen-bond donors (Lipinski definition) is 0. The van der Waals surface area contributed by atoms with Crippen molar-refractivity contribution >= 4 is 30.2 Å². The Morgan fingerprint density at radius 1 is 1.00 bits per heavy atom.